The standard InChI is InChI=1S/C13H21NO.C9H13.C2H7Si.Ti/c1-11-3-9-4-12(2,6-11)8-13(5-9,7-11)10(14)15;1-6-5-7(2)9(4)8(6)3;1-3-2;/h9H,3-8H2,1-2H3,(H2,14,15);6H,1-4H3;3H,1-2H3;/q;;;+1/p-1. The van der Waals surface area contributed by atoms with Gasteiger partial charge in [0.15, 0.2) is 0 Å². The maximum atomic E-state index is 13.9. The summed E-state index contributed by atoms with van der Waals surface area (Å²) in [5.74, 6) is 1.81. The average molecular weight is 435 g/mol. The minimum atomic E-state index is -1.75. The zero-order valence-electron chi connectivity index (χ0n) is 19.4. The molecule has 28 heavy (non-hydrogen) atoms. The van der Waals surface area contributed by atoms with Crippen LogP contribution < -0.4 is 3.80 Å². The van der Waals surface area contributed by atoms with Gasteiger partial charge in [-0.25, -0.2) is 0 Å². The summed E-state index contributed by atoms with van der Waals surface area (Å²) < 4.78 is 5.54. The Bertz CT molecular complexity index is 763. The van der Waals surface area contributed by atoms with Crippen molar-refractivity contribution in [2.75, 3.05) is 0 Å². The summed E-state index contributed by atoms with van der Waals surface area (Å²) >= 11 is -1.75. The minimum absolute atomic E-state index is 0.0573. The molecule has 1 N–H and O–H groups in total. The molecule has 0 aromatic rings. The first-order valence-corrected chi connectivity index (χ1v) is 18.6. The van der Waals surface area contributed by atoms with E-state index in [0.717, 1.165) is 18.8 Å². The number of rotatable bonds is 4. The zero-order valence-corrected chi connectivity index (χ0v) is 22.1. The molecule has 3 unspecified atom stereocenters. The number of carbonyl (C=O) groups excluding carboxylic acids is 1. The normalized spacial score (nSPS) is 42.0. The molecule has 0 aromatic heterocycles. The third-order valence-electron chi connectivity index (χ3n) is 8.86. The van der Waals surface area contributed by atoms with Crippen LogP contribution in [0.5, 0.6) is 0 Å². The van der Waals surface area contributed by atoms with E-state index in [0.29, 0.717) is 22.7 Å². The van der Waals surface area contributed by atoms with E-state index in [4.69, 9.17) is 0 Å². The van der Waals surface area contributed by atoms with Crippen LogP contribution in [0.2, 0.25) is 13.1 Å². The molecule has 5 aliphatic rings. The summed E-state index contributed by atoms with van der Waals surface area (Å²) in [4.78, 5) is 13.9. The summed E-state index contributed by atoms with van der Waals surface area (Å²) in [5.41, 5.74) is 5.31. The molecule has 0 heterocycles. The van der Waals surface area contributed by atoms with Crippen LogP contribution in [-0.4, -0.2) is 12.6 Å². The van der Waals surface area contributed by atoms with E-state index in [9.17, 15) is 4.79 Å². The second kappa shape index (κ2) is 6.69. The van der Waals surface area contributed by atoms with Gasteiger partial charge in [-0.2, -0.15) is 0 Å². The third-order valence-corrected chi connectivity index (χ3v) is 20.2. The first-order chi connectivity index (χ1) is 12.9. The predicted octanol–water partition coefficient (Wildman–Crippen LogP) is 5.88. The molecule has 0 spiro atoms. The van der Waals surface area contributed by atoms with Crippen molar-refractivity contribution < 1.29 is 22.2 Å². The Morgan fingerprint density at radius 3 is 2.00 bits per heavy atom. The van der Waals surface area contributed by atoms with E-state index < -0.39 is 24.0 Å². The molecule has 0 aliphatic heterocycles. The molecule has 4 bridgehead atoms. The van der Waals surface area contributed by atoms with Crippen LogP contribution in [0, 0.1) is 28.1 Å². The summed E-state index contributed by atoms with van der Waals surface area (Å²) in [6.07, 6.45) is 7.53. The SMILES string of the molecule is CC1=C(C)C(C)[C]([Ti]([NH]C(=O)C23CC4CC(C)(CC(C)(C4)C2)C3)[SiH](C)C)=C1C. The van der Waals surface area contributed by atoms with Gasteiger partial charge in [0.05, 0.1) is 0 Å². The number of nitrogens with one attached hydrogen (secondary N) is 1. The van der Waals surface area contributed by atoms with Crippen molar-refractivity contribution in [2.24, 2.45) is 28.1 Å². The molecule has 4 fully saturated rings. The molecule has 5 rings (SSSR count). The van der Waals surface area contributed by atoms with Crippen molar-refractivity contribution in [2.45, 2.75) is 93.2 Å². The van der Waals surface area contributed by atoms with Gasteiger partial charge >= 0.3 is 180 Å². The van der Waals surface area contributed by atoms with E-state index in [1.54, 1.807) is 3.88 Å². The fraction of sp³-hybridized carbons (Fsp3) is 0.792. The van der Waals surface area contributed by atoms with Crippen molar-refractivity contribution >= 4 is 12.6 Å². The Morgan fingerprint density at radius 1 is 1.00 bits per heavy atom. The van der Waals surface area contributed by atoms with Gasteiger partial charge < -0.3 is 0 Å². The van der Waals surface area contributed by atoms with Crippen LogP contribution in [0.1, 0.15) is 80.1 Å². The van der Waals surface area contributed by atoms with Crippen molar-refractivity contribution in [3.63, 3.8) is 0 Å². The van der Waals surface area contributed by atoms with Crippen molar-refractivity contribution in [1.82, 2.24) is 3.80 Å². The summed E-state index contributed by atoms with van der Waals surface area (Å²) in [6, 6.07) is 0. The number of hydrogen-bond acceptors (Lipinski definition) is 1. The van der Waals surface area contributed by atoms with Crippen molar-refractivity contribution in [3.8, 4) is 0 Å². The van der Waals surface area contributed by atoms with Gasteiger partial charge in [-0.05, 0) is 0 Å². The van der Waals surface area contributed by atoms with Gasteiger partial charge in [0, 0.05) is 0 Å². The molecular weight excluding hydrogens is 394 g/mol. The maximum absolute atomic E-state index is 13.9. The molecular formula is C24H40NOSiTi. The van der Waals surface area contributed by atoms with Crippen molar-refractivity contribution in [1.29, 1.82) is 0 Å². The summed E-state index contributed by atoms with van der Waals surface area (Å²) in [6.45, 7) is 18.3. The first-order valence-electron chi connectivity index (χ1n) is 11.5. The van der Waals surface area contributed by atoms with Gasteiger partial charge in [0.25, 0.3) is 0 Å². The molecule has 2 nitrogen and oxygen atoms in total. The molecule has 0 saturated heterocycles. The number of hydrogen-bond donors (Lipinski definition) is 1. The van der Waals surface area contributed by atoms with Gasteiger partial charge in [0.2, 0.25) is 0 Å². The van der Waals surface area contributed by atoms with Gasteiger partial charge in [-0.3, -0.25) is 0 Å². The van der Waals surface area contributed by atoms with Crippen LogP contribution in [0.15, 0.2) is 20.6 Å². The molecule has 5 aliphatic carbocycles. The Balaban J connectivity index is 1.62. The van der Waals surface area contributed by atoms with Crippen molar-refractivity contribution in [3.05, 3.63) is 20.6 Å². The van der Waals surface area contributed by atoms with Crippen LogP contribution >= 0.6 is 0 Å². The first kappa shape index (κ1) is 21.1. The third kappa shape index (κ3) is 3.19. The predicted molar refractivity (Wildman–Crippen MR) is 117 cm³/mol. The molecule has 4 saturated carbocycles. The van der Waals surface area contributed by atoms with E-state index in [-0.39, 0.29) is 5.41 Å². The number of carbonyl (C=O) groups is 1. The number of amides is 1. The second-order valence-electron chi connectivity index (χ2n) is 12.0. The Morgan fingerprint density at radius 2 is 1.57 bits per heavy atom. The van der Waals surface area contributed by atoms with Crippen LogP contribution in [-0.2, 0) is 22.2 Å². The van der Waals surface area contributed by atoms with Crippen LogP contribution in [0.4, 0.5) is 0 Å². The van der Waals surface area contributed by atoms with Gasteiger partial charge in [-0.15, -0.1) is 0 Å². The Labute approximate surface area is 179 Å². The van der Waals surface area contributed by atoms with Crippen LogP contribution in [0.3, 0.4) is 0 Å². The Hall–Kier alpha value is -0.119. The van der Waals surface area contributed by atoms with Crippen LogP contribution in [0.25, 0.3) is 0 Å². The van der Waals surface area contributed by atoms with E-state index in [1.165, 1.54) is 42.4 Å². The molecule has 3 atom stereocenters. The molecule has 0 radical (unpaired) electrons. The van der Waals surface area contributed by atoms with Gasteiger partial charge in [-0.1, -0.05) is 0 Å². The summed E-state index contributed by atoms with van der Waals surface area (Å²) in [7, 11) is 0. The van der Waals surface area contributed by atoms with E-state index in [1.807, 2.05) is 0 Å². The quantitative estimate of drug-likeness (QED) is 0.551. The summed E-state index contributed by atoms with van der Waals surface area (Å²) in [5, 5.41) is 0. The number of allylic oxidation sites excluding steroid dienone is 4. The molecule has 1 amide bonds. The molecule has 4 heteroatoms. The Kier molecular flexibility index (Phi) is 5.05. The average Bonchev–Trinajstić information content (AvgIpc) is 2.73. The topological polar surface area (TPSA) is 29.1 Å². The second-order valence-corrected chi connectivity index (χ2v) is 24.6. The monoisotopic (exact) mass is 434 g/mol. The van der Waals surface area contributed by atoms with Gasteiger partial charge in [0.1, 0.15) is 0 Å². The van der Waals surface area contributed by atoms with E-state index >= 15 is 0 Å². The molecule has 155 valence electrons. The molecule has 0 aromatic carbocycles. The fourth-order valence-corrected chi connectivity index (χ4v) is 18.9. The van der Waals surface area contributed by atoms with E-state index in [2.05, 4.69) is 58.4 Å². The zero-order chi connectivity index (χ0) is 20.6. The fourth-order valence-electron chi connectivity index (χ4n) is 8.28.